The van der Waals surface area contributed by atoms with Crippen LogP contribution in [0, 0.1) is 6.92 Å². The molecule has 0 saturated carbocycles. The van der Waals surface area contributed by atoms with E-state index in [9.17, 15) is 14.4 Å². The van der Waals surface area contributed by atoms with Gasteiger partial charge in [0.25, 0.3) is 5.91 Å². The summed E-state index contributed by atoms with van der Waals surface area (Å²) < 4.78 is 5.47. The quantitative estimate of drug-likeness (QED) is 0.567. The van der Waals surface area contributed by atoms with E-state index in [1.807, 2.05) is 0 Å². The number of carbonyl (C=O) groups is 3. The van der Waals surface area contributed by atoms with Gasteiger partial charge in [-0.25, -0.2) is 4.79 Å². The minimum atomic E-state index is -1.38. The van der Waals surface area contributed by atoms with Gasteiger partial charge < -0.3 is 15.1 Å². The summed E-state index contributed by atoms with van der Waals surface area (Å²) in [5.74, 6) is -0.344. The van der Waals surface area contributed by atoms with Gasteiger partial charge in [-0.15, -0.1) is 0 Å². The lowest BCUT2D eigenvalue weighted by Gasteiger charge is -2.19. The Morgan fingerprint density at radius 3 is 2.48 bits per heavy atom. The number of benzene rings is 1. The van der Waals surface area contributed by atoms with Crippen molar-refractivity contribution in [2.45, 2.75) is 19.4 Å². The first kappa shape index (κ1) is 19.5. The molecule has 1 atom stereocenters. The second-order valence-corrected chi connectivity index (χ2v) is 7.37. The van der Waals surface area contributed by atoms with E-state index in [1.165, 1.54) is 19.1 Å². The smallest absolute Gasteiger partial charge is 0.325 e. The first-order chi connectivity index (χ1) is 12.6. The Hall–Kier alpha value is -2.22. The minimum Gasteiger partial charge on any atom is -0.463 e. The first-order valence-electron chi connectivity index (χ1n) is 7.77. The topological polar surface area (TPSA) is 91.7 Å². The lowest BCUT2D eigenvalue weighted by molar-refractivity contribution is -0.134. The standard InChI is InChI=1S/C17H14Cl3N3O4/c1-8-3-4-13(27-8)17(2)15(25)23(16(26)22-17)7-14(24)21-12-6-10(19)9(18)5-11(12)20/h3-6H,7H2,1-2H3,(H,21,24)(H,22,26). The highest BCUT2D eigenvalue weighted by Crippen LogP contribution is 2.33. The molecule has 0 radical (unpaired) electrons. The molecule has 0 aliphatic carbocycles. The van der Waals surface area contributed by atoms with Crippen molar-refractivity contribution in [3.8, 4) is 0 Å². The van der Waals surface area contributed by atoms with Gasteiger partial charge in [0.05, 0.1) is 20.8 Å². The predicted octanol–water partition coefficient (Wildman–Crippen LogP) is 3.95. The molecule has 4 amide bonds. The Morgan fingerprint density at radius 1 is 1.19 bits per heavy atom. The predicted molar refractivity (Wildman–Crippen MR) is 101 cm³/mol. The summed E-state index contributed by atoms with van der Waals surface area (Å²) in [4.78, 5) is 38.1. The summed E-state index contributed by atoms with van der Waals surface area (Å²) in [5.41, 5.74) is -1.17. The molecule has 1 aliphatic rings. The molecule has 2 N–H and O–H groups in total. The molecule has 3 rings (SSSR count). The van der Waals surface area contributed by atoms with Crippen LogP contribution in [-0.2, 0) is 15.1 Å². The van der Waals surface area contributed by atoms with Gasteiger partial charge in [-0.1, -0.05) is 34.8 Å². The zero-order valence-corrected chi connectivity index (χ0v) is 16.5. The van der Waals surface area contributed by atoms with E-state index in [2.05, 4.69) is 10.6 Å². The molecule has 1 saturated heterocycles. The van der Waals surface area contributed by atoms with Gasteiger partial charge >= 0.3 is 6.03 Å². The molecule has 0 spiro atoms. The highest BCUT2D eigenvalue weighted by molar-refractivity contribution is 6.44. The van der Waals surface area contributed by atoms with Crippen LogP contribution in [0.1, 0.15) is 18.4 Å². The molecular formula is C17H14Cl3N3O4. The number of nitrogens with one attached hydrogen (secondary N) is 2. The lowest BCUT2D eigenvalue weighted by atomic mass is 9.99. The fraction of sp³-hybridized carbons (Fsp3) is 0.235. The largest absolute Gasteiger partial charge is 0.463 e. The average molecular weight is 431 g/mol. The van der Waals surface area contributed by atoms with Gasteiger partial charge in [0.2, 0.25) is 5.91 Å². The molecule has 7 nitrogen and oxygen atoms in total. The number of anilines is 1. The summed E-state index contributed by atoms with van der Waals surface area (Å²) in [7, 11) is 0. The molecule has 2 aromatic rings. The molecule has 27 heavy (non-hydrogen) atoms. The van der Waals surface area contributed by atoms with Crippen molar-refractivity contribution < 1.29 is 18.8 Å². The number of halogens is 3. The molecular weight excluding hydrogens is 417 g/mol. The zero-order chi connectivity index (χ0) is 19.9. The normalized spacial score (nSPS) is 19.4. The van der Waals surface area contributed by atoms with Crippen LogP contribution in [0.15, 0.2) is 28.7 Å². The first-order valence-corrected chi connectivity index (χ1v) is 8.90. The average Bonchev–Trinajstić information content (AvgIpc) is 3.11. The number of urea groups is 1. The van der Waals surface area contributed by atoms with Crippen LogP contribution < -0.4 is 10.6 Å². The molecule has 1 fully saturated rings. The molecule has 0 bridgehead atoms. The third kappa shape index (κ3) is 3.63. The van der Waals surface area contributed by atoms with Crippen molar-refractivity contribution in [1.29, 1.82) is 0 Å². The fourth-order valence-corrected chi connectivity index (χ4v) is 3.26. The van der Waals surface area contributed by atoms with E-state index < -0.39 is 29.9 Å². The van der Waals surface area contributed by atoms with E-state index in [4.69, 9.17) is 39.2 Å². The van der Waals surface area contributed by atoms with Crippen molar-refractivity contribution in [1.82, 2.24) is 10.2 Å². The Morgan fingerprint density at radius 2 is 1.85 bits per heavy atom. The number of amides is 4. The number of imide groups is 1. The number of nitrogens with zero attached hydrogens (tertiary/aromatic N) is 1. The molecule has 1 aliphatic heterocycles. The summed E-state index contributed by atoms with van der Waals surface area (Å²) in [5, 5.41) is 5.67. The number of rotatable bonds is 4. The van der Waals surface area contributed by atoms with E-state index >= 15 is 0 Å². The van der Waals surface area contributed by atoms with Crippen LogP contribution in [-0.4, -0.2) is 29.3 Å². The Bertz CT molecular complexity index is 959. The van der Waals surface area contributed by atoms with Gasteiger partial charge in [0.15, 0.2) is 5.54 Å². The maximum Gasteiger partial charge on any atom is 0.325 e. The molecule has 2 heterocycles. The zero-order valence-electron chi connectivity index (χ0n) is 14.2. The monoisotopic (exact) mass is 429 g/mol. The van der Waals surface area contributed by atoms with Gasteiger partial charge in [-0.3, -0.25) is 14.5 Å². The SMILES string of the molecule is Cc1ccc(C2(C)NC(=O)N(CC(=O)Nc3cc(Cl)c(Cl)cc3Cl)C2=O)o1. The molecule has 1 aromatic heterocycles. The summed E-state index contributed by atoms with van der Waals surface area (Å²) >= 11 is 17.8. The van der Waals surface area contributed by atoms with Crippen LogP contribution in [0.3, 0.4) is 0 Å². The lowest BCUT2D eigenvalue weighted by Crippen LogP contribution is -2.41. The summed E-state index contributed by atoms with van der Waals surface area (Å²) in [6.07, 6.45) is 0. The second kappa shape index (κ2) is 7.07. The van der Waals surface area contributed by atoms with E-state index in [0.717, 1.165) is 4.90 Å². The van der Waals surface area contributed by atoms with Gasteiger partial charge in [0, 0.05) is 0 Å². The van der Waals surface area contributed by atoms with Crippen LogP contribution in [0.25, 0.3) is 0 Å². The van der Waals surface area contributed by atoms with Crippen LogP contribution in [0.2, 0.25) is 15.1 Å². The van der Waals surface area contributed by atoms with Crippen molar-refractivity contribution in [3.05, 3.63) is 50.9 Å². The third-order valence-corrected chi connectivity index (χ3v) is 5.13. The highest BCUT2D eigenvalue weighted by atomic mass is 35.5. The Kier molecular flexibility index (Phi) is 5.12. The maximum absolute atomic E-state index is 12.7. The van der Waals surface area contributed by atoms with Crippen molar-refractivity contribution >= 4 is 58.3 Å². The van der Waals surface area contributed by atoms with Crippen molar-refractivity contribution in [3.63, 3.8) is 0 Å². The van der Waals surface area contributed by atoms with Crippen LogP contribution in [0.4, 0.5) is 10.5 Å². The summed E-state index contributed by atoms with van der Waals surface area (Å²) in [6.45, 7) is 2.73. The van der Waals surface area contributed by atoms with Crippen LogP contribution >= 0.6 is 34.8 Å². The van der Waals surface area contributed by atoms with Crippen LogP contribution in [0.5, 0.6) is 0 Å². The molecule has 1 aromatic carbocycles. The Labute approximate surface area is 169 Å². The second-order valence-electron chi connectivity index (χ2n) is 6.15. The highest BCUT2D eigenvalue weighted by Gasteiger charge is 2.51. The van der Waals surface area contributed by atoms with Gasteiger partial charge in [0.1, 0.15) is 18.1 Å². The number of furan rings is 1. The number of hydrogen-bond acceptors (Lipinski definition) is 4. The third-order valence-electron chi connectivity index (χ3n) is 4.09. The Balaban J connectivity index is 1.76. The fourth-order valence-electron chi connectivity index (χ4n) is 2.66. The summed E-state index contributed by atoms with van der Waals surface area (Å²) in [6, 6.07) is 5.34. The molecule has 1 unspecified atom stereocenters. The minimum absolute atomic E-state index is 0.172. The maximum atomic E-state index is 12.7. The van der Waals surface area contributed by atoms with E-state index in [1.54, 1.807) is 19.1 Å². The van der Waals surface area contributed by atoms with Crippen molar-refractivity contribution in [2.24, 2.45) is 0 Å². The number of hydrogen-bond donors (Lipinski definition) is 2. The van der Waals surface area contributed by atoms with E-state index in [0.29, 0.717) is 5.76 Å². The molecule has 142 valence electrons. The van der Waals surface area contributed by atoms with Gasteiger partial charge in [-0.05, 0) is 38.1 Å². The van der Waals surface area contributed by atoms with E-state index in [-0.39, 0.29) is 26.5 Å². The molecule has 10 heteroatoms. The number of aryl methyl sites for hydroxylation is 1. The number of carbonyl (C=O) groups excluding carboxylic acids is 3. The van der Waals surface area contributed by atoms with Gasteiger partial charge in [-0.2, -0.15) is 0 Å². The van der Waals surface area contributed by atoms with Crippen molar-refractivity contribution in [2.75, 3.05) is 11.9 Å².